The van der Waals surface area contributed by atoms with Gasteiger partial charge >= 0.3 is 0 Å². The van der Waals surface area contributed by atoms with Gasteiger partial charge in [-0.2, -0.15) is 4.31 Å². The lowest BCUT2D eigenvalue weighted by Gasteiger charge is -2.18. The van der Waals surface area contributed by atoms with Gasteiger partial charge in [0.1, 0.15) is 0 Å². The van der Waals surface area contributed by atoms with Gasteiger partial charge in [-0.25, -0.2) is 8.42 Å². The van der Waals surface area contributed by atoms with E-state index in [4.69, 9.17) is 5.73 Å². The lowest BCUT2D eigenvalue weighted by atomic mass is 10.1. The maximum atomic E-state index is 12.8. The van der Waals surface area contributed by atoms with Crippen LogP contribution in [0.2, 0.25) is 0 Å². The molecule has 2 N–H and O–H groups in total. The number of aryl methyl sites for hydroxylation is 1. The molecule has 2 rings (SSSR count). The molecule has 1 heterocycles. The van der Waals surface area contributed by atoms with Gasteiger partial charge in [-0.3, -0.25) is 10.1 Å². The standard InChI is InChI=1S/C13H19N3O4S.ClH/c1-9-3-4-12(16(17)18)13(10(9)2)21(19,20)15-6-5-11(7-14)8-15;/h3-4,11H,5-8,14H2,1-2H3;1H. The minimum Gasteiger partial charge on any atom is -0.330 e. The van der Waals surface area contributed by atoms with E-state index in [1.165, 1.54) is 10.4 Å². The third-order valence-corrected chi connectivity index (χ3v) is 6.08. The summed E-state index contributed by atoms with van der Waals surface area (Å²) < 4.78 is 26.9. The lowest BCUT2D eigenvalue weighted by molar-refractivity contribution is -0.388. The number of hydrogen-bond donors (Lipinski definition) is 1. The molecule has 1 aliphatic heterocycles. The Bertz CT molecular complexity index is 678. The highest BCUT2D eigenvalue weighted by Gasteiger charge is 2.37. The number of benzene rings is 1. The molecule has 1 atom stereocenters. The van der Waals surface area contributed by atoms with Gasteiger partial charge < -0.3 is 5.73 Å². The van der Waals surface area contributed by atoms with Crippen LogP contribution in [-0.4, -0.2) is 37.3 Å². The van der Waals surface area contributed by atoms with E-state index in [9.17, 15) is 18.5 Å². The van der Waals surface area contributed by atoms with Crippen molar-refractivity contribution in [2.75, 3.05) is 19.6 Å². The van der Waals surface area contributed by atoms with Gasteiger partial charge in [0.25, 0.3) is 5.69 Å². The molecule has 0 radical (unpaired) electrons. The van der Waals surface area contributed by atoms with Crippen molar-refractivity contribution < 1.29 is 13.3 Å². The topological polar surface area (TPSA) is 107 Å². The van der Waals surface area contributed by atoms with Crippen molar-refractivity contribution in [3.05, 3.63) is 33.4 Å². The van der Waals surface area contributed by atoms with Crippen molar-refractivity contribution in [1.82, 2.24) is 4.31 Å². The first-order valence-electron chi connectivity index (χ1n) is 6.73. The van der Waals surface area contributed by atoms with E-state index in [1.54, 1.807) is 19.9 Å². The molecule has 7 nitrogen and oxygen atoms in total. The summed E-state index contributed by atoms with van der Waals surface area (Å²) in [5.41, 5.74) is 6.36. The van der Waals surface area contributed by atoms with Gasteiger partial charge in [-0.05, 0) is 43.9 Å². The van der Waals surface area contributed by atoms with Crippen LogP contribution in [-0.2, 0) is 10.0 Å². The first-order valence-corrected chi connectivity index (χ1v) is 8.17. The van der Waals surface area contributed by atoms with Crippen molar-refractivity contribution >= 4 is 28.1 Å². The van der Waals surface area contributed by atoms with Gasteiger partial charge in [0.15, 0.2) is 4.90 Å². The Labute approximate surface area is 136 Å². The van der Waals surface area contributed by atoms with Gasteiger partial charge in [0.05, 0.1) is 4.92 Å². The summed E-state index contributed by atoms with van der Waals surface area (Å²) >= 11 is 0. The SMILES string of the molecule is Cc1ccc([N+](=O)[O-])c(S(=O)(=O)N2CCC(CN)C2)c1C.Cl. The highest BCUT2D eigenvalue weighted by molar-refractivity contribution is 7.89. The Hall–Kier alpha value is -1.22. The molecule has 0 aromatic heterocycles. The molecule has 1 aliphatic rings. The van der Waals surface area contributed by atoms with Gasteiger partial charge in [-0.15, -0.1) is 12.4 Å². The summed E-state index contributed by atoms with van der Waals surface area (Å²) in [6.07, 6.45) is 0.689. The Morgan fingerprint density at radius 2 is 2.05 bits per heavy atom. The van der Waals surface area contributed by atoms with Crippen LogP contribution < -0.4 is 5.73 Å². The van der Waals surface area contributed by atoms with Crippen LogP contribution in [0.25, 0.3) is 0 Å². The van der Waals surface area contributed by atoms with Crippen LogP contribution in [0, 0.1) is 29.9 Å². The van der Waals surface area contributed by atoms with Crippen LogP contribution in [0.1, 0.15) is 17.5 Å². The highest BCUT2D eigenvalue weighted by atomic mass is 35.5. The van der Waals surface area contributed by atoms with Crippen LogP contribution in [0.4, 0.5) is 5.69 Å². The molecular weight excluding hydrogens is 330 g/mol. The quantitative estimate of drug-likeness (QED) is 0.656. The molecule has 22 heavy (non-hydrogen) atoms. The summed E-state index contributed by atoms with van der Waals surface area (Å²) in [4.78, 5) is 10.3. The predicted octanol–water partition coefficient (Wildman–Crippen LogP) is 1.60. The Balaban J connectivity index is 0.00000242. The second-order valence-corrected chi connectivity index (χ2v) is 7.24. The zero-order chi connectivity index (χ0) is 15.8. The first kappa shape index (κ1) is 18.8. The fourth-order valence-electron chi connectivity index (χ4n) is 2.58. The Morgan fingerprint density at radius 3 is 2.55 bits per heavy atom. The number of nitrogens with zero attached hydrogens (tertiary/aromatic N) is 2. The number of nitrogens with two attached hydrogens (primary N) is 1. The monoisotopic (exact) mass is 349 g/mol. The van der Waals surface area contributed by atoms with Gasteiger partial charge in [0, 0.05) is 19.2 Å². The molecule has 124 valence electrons. The van der Waals surface area contributed by atoms with E-state index in [2.05, 4.69) is 0 Å². The van der Waals surface area contributed by atoms with Gasteiger partial charge in [0.2, 0.25) is 10.0 Å². The first-order chi connectivity index (χ1) is 9.78. The van der Waals surface area contributed by atoms with E-state index in [0.29, 0.717) is 37.2 Å². The molecule has 0 bridgehead atoms. The third-order valence-electron chi connectivity index (χ3n) is 4.03. The Morgan fingerprint density at radius 1 is 1.41 bits per heavy atom. The number of sulfonamides is 1. The molecule has 0 saturated carbocycles. The highest BCUT2D eigenvalue weighted by Crippen LogP contribution is 2.33. The minimum atomic E-state index is -3.87. The van der Waals surface area contributed by atoms with Gasteiger partial charge in [-0.1, -0.05) is 6.07 Å². The van der Waals surface area contributed by atoms with Crippen LogP contribution in [0.15, 0.2) is 17.0 Å². The molecule has 1 fully saturated rings. The van der Waals surface area contributed by atoms with E-state index in [-0.39, 0.29) is 28.9 Å². The van der Waals surface area contributed by atoms with E-state index >= 15 is 0 Å². The van der Waals surface area contributed by atoms with Crippen molar-refractivity contribution in [3.63, 3.8) is 0 Å². The fraction of sp³-hybridized carbons (Fsp3) is 0.538. The van der Waals surface area contributed by atoms with Crippen molar-refractivity contribution in [3.8, 4) is 0 Å². The number of halogens is 1. The zero-order valence-corrected chi connectivity index (χ0v) is 14.1. The van der Waals surface area contributed by atoms with Crippen LogP contribution in [0.5, 0.6) is 0 Å². The summed E-state index contributed by atoms with van der Waals surface area (Å²) in [5, 5.41) is 11.2. The Kier molecular flexibility index (Phi) is 5.91. The maximum Gasteiger partial charge on any atom is 0.289 e. The third kappa shape index (κ3) is 3.24. The second kappa shape index (κ2) is 6.91. The molecule has 1 saturated heterocycles. The number of nitro groups is 1. The summed E-state index contributed by atoms with van der Waals surface area (Å²) in [6, 6.07) is 2.82. The largest absolute Gasteiger partial charge is 0.330 e. The molecule has 1 unspecified atom stereocenters. The number of rotatable bonds is 4. The van der Waals surface area contributed by atoms with Crippen molar-refractivity contribution in [2.24, 2.45) is 11.7 Å². The molecule has 0 amide bonds. The van der Waals surface area contributed by atoms with E-state index in [0.717, 1.165) is 0 Å². The van der Waals surface area contributed by atoms with Crippen molar-refractivity contribution in [1.29, 1.82) is 0 Å². The predicted molar refractivity (Wildman–Crippen MR) is 85.7 cm³/mol. The molecular formula is C13H20ClN3O4S. The average Bonchev–Trinajstić information content (AvgIpc) is 2.90. The number of nitro benzene ring substituents is 1. The average molecular weight is 350 g/mol. The minimum absolute atomic E-state index is 0. The summed E-state index contributed by atoms with van der Waals surface area (Å²) in [5.74, 6) is 0.115. The number of hydrogen-bond acceptors (Lipinski definition) is 5. The zero-order valence-electron chi connectivity index (χ0n) is 12.5. The maximum absolute atomic E-state index is 12.8. The molecule has 0 spiro atoms. The fourth-order valence-corrected chi connectivity index (χ4v) is 4.55. The smallest absolute Gasteiger partial charge is 0.289 e. The van der Waals surface area contributed by atoms with E-state index < -0.39 is 14.9 Å². The van der Waals surface area contributed by atoms with E-state index in [1.807, 2.05) is 0 Å². The molecule has 0 aliphatic carbocycles. The van der Waals surface area contributed by atoms with Crippen LogP contribution >= 0.6 is 12.4 Å². The summed E-state index contributed by atoms with van der Waals surface area (Å²) in [7, 11) is -3.87. The second-order valence-electron chi connectivity index (χ2n) is 5.37. The molecule has 1 aromatic rings. The molecule has 1 aromatic carbocycles. The normalized spacial score (nSPS) is 19.0. The molecule has 9 heteroatoms. The lowest BCUT2D eigenvalue weighted by Crippen LogP contribution is -2.31. The van der Waals surface area contributed by atoms with Crippen LogP contribution in [0.3, 0.4) is 0 Å². The van der Waals surface area contributed by atoms with Crippen molar-refractivity contribution in [2.45, 2.75) is 25.2 Å². The summed E-state index contributed by atoms with van der Waals surface area (Å²) in [6.45, 7) is 4.44.